The van der Waals surface area contributed by atoms with Crippen molar-refractivity contribution in [1.29, 1.82) is 0 Å². The van der Waals surface area contributed by atoms with Crippen molar-refractivity contribution in [2.75, 3.05) is 13.1 Å². The van der Waals surface area contributed by atoms with Crippen molar-refractivity contribution in [3.63, 3.8) is 0 Å². The minimum absolute atomic E-state index is 0.127. The summed E-state index contributed by atoms with van der Waals surface area (Å²) in [6.07, 6.45) is 0. The molecule has 0 aliphatic carbocycles. The van der Waals surface area contributed by atoms with Crippen LogP contribution in [-0.2, 0) is 0 Å². The number of halogens is 1. The van der Waals surface area contributed by atoms with Crippen LogP contribution in [0, 0.1) is 3.57 Å². The Hall–Kier alpha value is -0.630. The van der Waals surface area contributed by atoms with Crippen molar-refractivity contribution >= 4 is 28.6 Å². The summed E-state index contributed by atoms with van der Waals surface area (Å²) in [5.74, 6) is -0.577. The molecule has 5 nitrogen and oxygen atoms in total. The van der Waals surface area contributed by atoms with Gasteiger partial charge in [-0.1, -0.05) is 0 Å². The maximum absolute atomic E-state index is 10.7. The first-order valence-corrected chi connectivity index (χ1v) is 4.95. The van der Waals surface area contributed by atoms with E-state index in [0.717, 1.165) is 22.4 Å². The number of nitrogens with one attached hydrogen (secondary N) is 2. The number of carboxylic acids is 1. The van der Waals surface area contributed by atoms with Crippen molar-refractivity contribution in [3.8, 4) is 0 Å². The number of carbonyl (C=O) groups is 1. The molecule has 0 saturated carbocycles. The predicted molar refractivity (Wildman–Crippen MR) is 53.9 cm³/mol. The molecule has 0 aromatic carbocycles. The molecular formula is C7H8IN3O2. The molecule has 3 N–H and O–H groups in total. The highest BCUT2D eigenvalue weighted by Crippen LogP contribution is 2.24. The number of nitrogens with zero attached hydrogens (tertiary/aromatic N) is 1. The van der Waals surface area contributed by atoms with Crippen LogP contribution in [0.5, 0.6) is 0 Å². The van der Waals surface area contributed by atoms with Crippen molar-refractivity contribution in [1.82, 2.24) is 15.5 Å². The lowest BCUT2D eigenvalue weighted by molar-refractivity contribution is 0.0689. The normalized spacial score (nSPS) is 17.0. The Bertz CT molecular complexity index is 346. The molecule has 0 unspecified atom stereocenters. The summed E-state index contributed by atoms with van der Waals surface area (Å²) in [6.45, 7) is 1.80. The van der Waals surface area contributed by atoms with E-state index in [0.29, 0.717) is 5.92 Å². The molecule has 0 radical (unpaired) electrons. The largest absolute Gasteiger partial charge is 0.476 e. The lowest BCUT2D eigenvalue weighted by atomic mass is 9.99. The van der Waals surface area contributed by atoms with E-state index in [4.69, 9.17) is 5.11 Å². The van der Waals surface area contributed by atoms with Crippen LogP contribution in [-0.4, -0.2) is 34.4 Å². The Balaban J connectivity index is 2.32. The summed E-state index contributed by atoms with van der Waals surface area (Å²) in [5, 5.41) is 18.4. The molecule has 6 heteroatoms. The monoisotopic (exact) mass is 293 g/mol. The van der Waals surface area contributed by atoms with Crippen LogP contribution in [0.2, 0.25) is 0 Å². The average molecular weight is 293 g/mol. The van der Waals surface area contributed by atoms with Gasteiger partial charge in [0.25, 0.3) is 0 Å². The number of H-pyrrole nitrogens is 1. The van der Waals surface area contributed by atoms with Gasteiger partial charge in [0.2, 0.25) is 0 Å². The van der Waals surface area contributed by atoms with Crippen LogP contribution >= 0.6 is 22.6 Å². The molecule has 0 amide bonds. The van der Waals surface area contributed by atoms with E-state index < -0.39 is 5.97 Å². The molecule has 1 aromatic heterocycles. The van der Waals surface area contributed by atoms with E-state index in [2.05, 4.69) is 15.5 Å². The molecule has 1 aliphatic rings. The maximum atomic E-state index is 10.7. The Morgan fingerprint density at radius 1 is 1.62 bits per heavy atom. The van der Waals surface area contributed by atoms with Crippen LogP contribution in [0.25, 0.3) is 0 Å². The second-order valence-electron chi connectivity index (χ2n) is 2.96. The van der Waals surface area contributed by atoms with Crippen LogP contribution in [0.3, 0.4) is 0 Å². The number of hydrogen-bond donors (Lipinski definition) is 3. The third-order valence-electron chi connectivity index (χ3n) is 2.12. The molecule has 0 atom stereocenters. The Labute approximate surface area is 88.1 Å². The van der Waals surface area contributed by atoms with Gasteiger partial charge in [-0.2, -0.15) is 5.10 Å². The second kappa shape index (κ2) is 3.26. The van der Waals surface area contributed by atoms with Crippen LogP contribution in [0.15, 0.2) is 0 Å². The minimum atomic E-state index is -0.973. The first-order chi connectivity index (χ1) is 6.20. The van der Waals surface area contributed by atoms with Crippen LogP contribution < -0.4 is 5.32 Å². The van der Waals surface area contributed by atoms with E-state index >= 15 is 0 Å². The lowest BCUT2D eigenvalue weighted by Gasteiger charge is -2.26. The molecule has 1 aromatic rings. The molecule has 70 valence electrons. The predicted octanol–water partition coefficient (Wildman–Crippen LogP) is 0.399. The first kappa shape index (κ1) is 8.95. The number of rotatable bonds is 2. The van der Waals surface area contributed by atoms with E-state index in [-0.39, 0.29) is 5.69 Å². The van der Waals surface area contributed by atoms with Gasteiger partial charge in [-0.3, -0.25) is 5.10 Å². The van der Waals surface area contributed by atoms with E-state index in [1.54, 1.807) is 0 Å². The standard InChI is InChI=1S/C7H8IN3O2/c8-4-5(3-1-9-2-3)10-11-6(4)7(12)13/h3,9H,1-2H2,(H,10,11)(H,12,13). The Morgan fingerprint density at radius 3 is 2.69 bits per heavy atom. The highest BCUT2D eigenvalue weighted by Gasteiger charge is 2.26. The fourth-order valence-electron chi connectivity index (χ4n) is 1.25. The summed E-state index contributed by atoms with van der Waals surface area (Å²) in [6, 6.07) is 0. The van der Waals surface area contributed by atoms with Gasteiger partial charge in [0.1, 0.15) is 0 Å². The third kappa shape index (κ3) is 1.44. The quantitative estimate of drug-likeness (QED) is 0.690. The molecule has 2 heterocycles. The van der Waals surface area contributed by atoms with E-state index in [1.807, 2.05) is 22.6 Å². The van der Waals surface area contributed by atoms with Gasteiger partial charge in [-0.25, -0.2) is 4.79 Å². The van der Waals surface area contributed by atoms with E-state index in [1.165, 1.54) is 0 Å². The summed E-state index contributed by atoms with van der Waals surface area (Å²) < 4.78 is 0.733. The Kier molecular flexibility index (Phi) is 2.24. The van der Waals surface area contributed by atoms with Gasteiger partial charge >= 0.3 is 5.97 Å². The van der Waals surface area contributed by atoms with E-state index in [9.17, 15) is 4.79 Å². The SMILES string of the molecule is O=C(O)c1n[nH]c(C2CNC2)c1I. The van der Waals surface area contributed by atoms with Gasteiger partial charge < -0.3 is 10.4 Å². The highest BCUT2D eigenvalue weighted by molar-refractivity contribution is 14.1. The summed E-state index contributed by atoms with van der Waals surface area (Å²) in [5.41, 5.74) is 1.07. The number of aromatic nitrogens is 2. The van der Waals surface area contributed by atoms with Gasteiger partial charge in [0, 0.05) is 19.0 Å². The second-order valence-corrected chi connectivity index (χ2v) is 4.04. The fraction of sp³-hybridized carbons (Fsp3) is 0.429. The summed E-state index contributed by atoms with van der Waals surface area (Å²) in [4.78, 5) is 10.7. The van der Waals surface area contributed by atoms with Crippen molar-refractivity contribution in [3.05, 3.63) is 15.0 Å². The maximum Gasteiger partial charge on any atom is 0.357 e. The fourth-order valence-corrected chi connectivity index (χ4v) is 2.16. The van der Waals surface area contributed by atoms with Gasteiger partial charge in [0.05, 0.1) is 9.26 Å². The van der Waals surface area contributed by atoms with Crippen molar-refractivity contribution < 1.29 is 9.90 Å². The van der Waals surface area contributed by atoms with Gasteiger partial charge in [-0.05, 0) is 22.6 Å². The molecule has 0 bridgehead atoms. The van der Waals surface area contributed by atoms with Gasteiger partial charge in [-0.15, -0.1) is 0 Å². The van der Waals surface area contributed by atoms with Crippen molar-refractivity contribution in [2.24, 2.45) is 0 Å². The molecule has 2 rings (SSSR count). The highest BCUT2D eigenvalue weighted by atomic mass is 127. The number of carboxylic acid groups (broad SMARTS) is 1. The lowest BCUT2D eigenvalue weighted by Crippen LogP contribution is -2.40. The number of aromatic amines is 1. The van der Waals surface area contributed by atoms with Crippen LogP contribution in [0.4, 0.5) is 0 Å². The minimum Gasteiger partial charge on any atom is -0.476 e. The first-order valence-electron chi connectivity index (χ1n) is 3.88. The summed E-state index contributed by atoms with van der Waals surface area (Å²) >= 11 is 2.02. The molecule has 0 spiro atoms. The van der Waals surface area contributed by atoms with Crippen LogP contribution in [0.1, 0.15) is 22.1 Å². The molecule has 1 saturated heterocycles. The molecule has 13 heavy (non-hydrogen) atoms. The zero-order valence-electron chi connectivity index (χ0n) is 6.67. The Morgan fingerprint density at radius 2 is 2.31 bits per heavy atom. The van der Waals surface area contributed by atoms with Gasteiger partial charge in [0.15, 0.2) is 5.69 Å². The number of hydrogen-bond acceptors (Lipinski definition) is 3. The third-order valence-corrected chi connectivity index (χ3v) is 3.22. The number of aromatic carboxylic acids is 1. The summed E-state index contributed by atoms with van der Waals surface area (Å²) in [7, 11) is 0. The topological polar surface area (TPSA) is 78.0 Å². The smallest absolute Gasteiger partial charge is 0.357 e. The zero-order chi connectivity index (χ0) is 9.42. The zero-order valence-corrected chi connectivity index (χ0v) is 8.83. The molecule has 1 aliphatic heterocycles. The van der Waals surface area contributed by atoms with Crippen molar-refractivity contribution in [2.45, 2.75) is 5.92 Å². The molecular weight excluding hydrogens is 285 g/mol. The molecule has 1 fully saturated rings. The average Bonchev–Trinajstić information content (AvgIpc) is 2.29.